The summed E-state index contributed by atoms with van der Waals surface area (Å²) in [4.78, 5) is 18.9. The molecule has 3 heterocycles. The van der Waals surface area contributed by atoms with E-state index in [4.69, 9.17) is 16.0 Å². The highest BCUT2D eigenvalue weighted by atomic mass is 35.5. The van der Waals surface area contributed by atoms with Crippen LogP contribution in [0.2, 0.25) is 5.02 Å². The van der Waals surface area contributed by atoms with Crippen molar-refractivity contribution in [2.45, 2.75) is 58.8 Å². The molecule has 1 N–H and O–H groups in total. The van der Waals surface area contributed by atoms with Crippen molar-refractivity contribution in [2.24, 2.45) is 0 Å². The molecule has 3 aromatic heterocycles. The van der Waals surface area contributed by atoms with Gasteiger partial charge in [0.2, 0.25) is 0 Å². The minimum atomic E-state index is -0.566. The van der Waals surface area contributed by atoms with Crippen molar-refractivity contribution in [3.8, 4) is 0 Å². The van der Waals surface area contributed by atoms with Gasteiger partial charge in [0.25, 0.3) is 5.56 Å². The van der Waals surface area contributed by atoms with E-state index in [0.717, 1.165) is 28.6 Å². The number of furan rings is 1. The zero-order chi connectivity index (χ0) is 26.9. The first-order valence-electron chi connectivity index (χ1n) is 12.7. The molecule has 2 aromatic carbocycles. The number of benzene rings is 2. The molecule has 9 heteroatoms. The fourth-order valence-corrected chi connectivity index (χ4v) is 4.83. The van der Waals surface area contributed by atoms with Gasteiger partial charge in [0, 0.05) is 22.6 Å². The van der Waals surface area contributed by atoms with Crippen LogP contribution < -0.4 is 5.56 Å². The van der Waals surface area contributed by atoms with E-state index >= 15 is 0 Å². The zero-order valence-electron chi connectivity index (χ0n) is 22.0. The van der Waals surface area contributed by atoms with Crippen molar-refractivity contribution in [3.63, 3.8) is 0 Å². The van der Waals surface area contributed by atoms with Crippen molar-refractivity contribution < 1.29 is 4.42 Å². The Bertz CT molecular complexity index is 1580. The predicted octanol–water partition coefficient (Wildman–Crippen LogP) is 5.87. The molecule has 0 amide bonds. The first-order valence-corrected chi connectivity index (χ1v) is 13.1. The second-order valence-electron chi connectivity index (χ2n) is 10.5. The van der Waals surface area contributed by atoms with E-state index < -0.39 is 11.6 Å². The minimum absolute atomic E-state index is 0.184. The topological polar surface area (TPSA) is 92.8 Å². The van der Waals surface area contributed by atoms with Crippen LogP contribution in [-0.2, 0) is 25.0 Å². The van der Waals surface area contributed by atoms with Crippen molar-refractivity contribution in [1.82, 2.24) is 30.1 Å². The number of pyridine rings is 1. The Balaban J connectivity index is 1.72. The summed E-state index contributed by atoms with van der Waals surface area (Å²) in [5, 5.41) is 14.5. The van der Waals surface area contributed by atoms with Crippen LogP contribution in [0.1, 0.15) is 62.0 Å². The number of aromatic amines is 1. The predicted molar refractivity (Wildman–Crippen MR) is 148 cm³/mol. The van der Waals surface area contributed by atoms with E-state index in [9.17, 15) is 4.79 Å². The third kappa shape index (κ3) is 5.42. The number of hydrogen-bond acceptors (Lipinski definition) is 6. The minimum Gasteiger partial charge on any atom is -0.468 e. The van der Waals surface area contributed by atoms with Crippen LogP contribution >= 0.6 is 11.6 Å². The fourth-order valence-electron chi connectivity index (χ4n) is 4.70. The second kappa shape index (κ2) is 10.6. The lowest BCUT2D eigenvalue weighted by molar-refractivity contribution is 0.171. The number of fused-ring (bicyclic) bond motifs is 1. The Kier molecular flexibility index (Phi) is 7.19. The number of aryl methyl sites for hydroxylation is 1. The molecule has 0 spiro atoms. The average Bonchev–Trinajstić information content (AvgIpc) is 3.58. The van der Waals surface area contributed by atoms with E-state index in [1.54, 1.807) is 10.9 Å². The Labute approximate surface area is 226 Å². The third-order valence-corrected chi connectivity index (χ3v) is 6.87. The van der Waals surface area contributed by atoms with Crippen LogP contribution in [-0.4, -0.2) is 30.1 Å². The Hall–Kier alpha value is -3.75. The number of hydrogen-bond donors (Lipinski definition) is 1. The van der Waals surface area contributed by atoms with Crippen molar-refractivity contribution in [2.75, 3.05) is 0 Å². The summed E-state index contributed by atoms with van der Waals surface area (Å²) in [7, 11) is 0. The summed E-state index contributed by atoms with van der Waals surface area (Å²) in [6.07, 6.45) is 2.55. The van der Waals surface area contributed by atoms with Crippen molar-refractivity contribution in [3.05, 3.63) is 111 Å². The molecule has 0 radical (unpaired) electrons. The molecule has 0 aliphatic carbocycles. The van der Waals surface area contributed by atoms with Gasteiger partial charge in [-0.05, 0) is 96.6 Å². The van der Waals surface area contributed by atoms with Gasteiger partial charge in [-0.1, -0.05) is 36.7 Å². The molecule has 0 bridgehead atoms. The van der Waals surface area contributed by atoms with Gasteiger partial charge in [0.1, 0.15) is 11.8 Å². The number of tetrazole rings is 1. The zero-order valence-corrected chi connectivity index (χ0v) is 22.7. The van der Waals surface area contributed by atoms with Gasteiger partial charge in [-0.25, -0.2) is 4.68 Å². The lowest BCUT2D eigenvalue weighted by Gasteiger charge is -2.32. The summed E-state index contributed by atoms with van der Waals surface area (Å²) >= 11 is 6.17. The largest absolute Gasteiger partial charge is 0.468 e. The molecule has 1 atom stereocenters. The molecule has 5 rings (SSSR count). The molecule has 5 aromatic rings. The molecular weight excluding hydrogens is 500 g/mol. The second-order valence-corrected chi connectivity index (χ2v) is 10.9. The highest BCUT2D eigenvalue weighted by molar-refractivity contribution is 6.30. The monoisotopic (exact) mass is 530 g/mol. The summed E-state index contributed by atoms with van der Waals surface area (Å²) in [5.41, 5.74) is 2.99. The highest BCUT2D eigenvalue weighted by Crippen LogP contribution is 2.32. The molecule has 0 aliphatic heterocycles. The van der Waals surface area contributed by atoms with Gasteiger partial charge in [-0.15, -0.1) is 5.10 Å². The lowest BCUT2D eigenvalue weighted by atomic mass is 10.00. The number of aromatic nitrogens is 5. The molecule has 0 saturated heterocycles. The van der Waals surface area contributed by atoms with Gasteiger partial charge in [-0.2, -0.15) is 0 Å². The first-order chi connectivity index (χ1) is 18.2. The fraction of sp³-hybridized carbons (Fsp3) is 0.310. The number of H-pyrrole nitrogens is 1. The first kappa shape index (κ1) is 25.9. The number of rotatable bonds is 8. The number of nitrogens with zero attached hydrogens (tertiary/aromatic N) is 5. The summed E-state index contributed by atoms with van der Waals surface area (Å²) in [6, 6.07) is 19.0. The maximum Gasteiger partial charge on any atom is 0.253 e. The average molecular weight is 531 g/mol. The van der Waals surface area contributed by atoms with Crippen molar-refractivity contribution >= 4 is 22.5 Å². The van der Waals surface area contributed by atoms with E-state index in [-0.39, 0.29) is 5.56 Å². The van der Waals surface area contributed by atoms with Gasteiger partial charge >= 0.3 is 0 Å². The number of nitrogens with one attached hydrogen (secondary N) is 1. The van der Waals surface area contributed by atoms with Gasteiger partial charge in [-0.3, -0.25) is 9.69 Å². The van der Waals surface area contributed by atoms with Crippen LogP contribution in [0.5, 0.6) is 0 Å². The molecule has 196 valence electrons. The van der Waals surface area contributed by atoms with Crippen molar-refractivity contribution in [1.29, 1.82) is 0 Å². The van der Waals surface area contributed by atoms with E-state index in [2.05, 4.69) is 38.4 Å². The van der Waals surface area contributed by atoms with Crippen LogP contribution in [0, 0.1) is 0 Å². The Morgan fingerprint density at radius 1 is 1.05 bits per heavy atom. The third-order valence-electron chi connectivity index (χ3n) is 6.62. The van der Waals surface area contributed by atoms with E-state index in [0.29, 0.717) is 29.5 Å². The molecule has 38 heavy (non-hydrogen) atoms. The van der Waals surface area contributed by atoms with Crippen LogP contribution in [0.3, 0.4) is 0 Å². The van der Waals surface area contributed by atoms with E-state index in [1.807, 2.05) is 75.4 Å². The van der Waals surface area contributed by atoms with Gasteiger partial charge in [0.05, 0.1) is 18.3 Å². The van der Waals surface area contributed by atoms with Crippen LogP contribution in [0.15, 0.2) is 76.1 Å². The number of halogens is 1. The molecule has 8 nitrogen and oxygen atoms in total. The summed E-state index contributed by atoms with van der Waals surface area (Å²) in [6.45, 7) is 9.18. The smallest absolute Gasteiger partial charge is 0.253 e. The SMILES string of the molecule is CCc1ccc2[nH]c(=O)c(C(c3nnnn3C(C)(C)C)N(Cc3ccc(Cl)cc3)Cc3ccco3)cc2c1. The van der Waals surface area contributed by atoms with E-state index in [1.165, 1.54) is 5.56 Å². The maximum absolute atomic E-state index is 13.7. The summed E-state index contributed by atoms with van der Waals surface area (Å²) in [5.74, 6) is 1.35. The summed E-state index contributed by atoms with van der Waals surface area (Å²) < 4.78 is 7.54. The molecular formula is C29H31ClN6O2. The molecule has 0 fully saturated rings. The van der Waals surface area contributed by atoms with Crippen LogP contribution in [0.25, 0.3) is 10.9 Å². The highest BCUT2D eigenvalue weighted by Gasteiger charge is 2.34. The van der Waals surface area contributed by atoms with Crippen LogP contribution in [0.4, 0.5) is 0 Å². The molecule has 1 unspecified atom stereocenters. The standard InChI is InChI=1S/C29H31ClN6O2/c1-5-19-10-13-25-21(15-19)16-24(28(37)31-25)26(27-32-33-34-36(27)29(2,3)4)35(18-23-7-6-14-38-23)17-20-8-11-22(30)12-9-20/h6-16,26H,5,17-18H2,1-4H3,(H,31,37). The molecule has 0 saturated carbocycles. The van der Waals surface area contributed by atoms with Gasteiger partial charge in [0.15, 0.2) is 5.82 Å². The Morgan fingerprint density at radius 3 is 2.50 bits per heavy atom. The molecule has 0 aliphatic rings. The lowest BCUT2D eigenvalue weighted by Crippen LogP contribution is -2.37. The van der Waals surface area contributed by atoms with Gasteiger partial charge < -0.3 is 9.40 Å². The maximum atomic E-state index is 13.7. The quantitative estimate of drug-likeness (QED) is 0.270. The normalized spacial score (nSPS) is 12.9. The Morgan fingerprint density at radius 2 is 1.82 bits per heavy atom.